The molecule has 0 bridgehead atoms. The van der Waals surface area contributed by atoms with Crippen molar-refractivity contribution in [1.82, 2.24) is 4.57 Å². The van der Waals surface area contributed by atoms with E-state index in [0.717, 1.165) is 16.6 Å². The molecular weight excluding hydrogens is 280 g/mol. The van der Waals surface area contributed by atoms with Crippen molar-refractivity contribution in [3.63, 3.8) is 0 Å². The third kappa shape index (κ3) is 2.41. The van der Waals surface area contributed by atoms with Gasteiger partial charge in [-0.15, -0.1) is 0 Å². The van der Waals surface area contributed by atoms with Gasteiger partial charge in [0.1, 0.15) is 0 Å². The number of halogens is 1. The number of primary amides is 1. The number of carbonyl (C=O) groups is 1. The molecule has 0 fully saturated rings. The van der Waals surface area contributed by atoms with Crippen LogP contribution in [0.1, 0.15) is 67.8 Å². The maximum absolute atomic E-state index is 11.5. The molecule has 0 aliphatic heterocycles. The molecule has 96 valence electrons. The Labute approximate surface area is 112 Å². The van der Waals surface area contributed by atoms with E-state index in [1.165, 1.54) is 5.69 Å². The summed E-state index contributed by atoms with van der Waals surface area (Å²) >= 11 is 3.54. The maximum atomic E-state index is 11.5. The Kier molecular flexibility index (Phi) is 4.42. The number of carbonyl (C=O) groups excluding carboxylic acids is 1. The van der Waals surface area contributed by atoms with Crippen molar-refractivity contribution in [2.45, 2.75) is 53.0 Å². The Morgan fingerprint density at radius 3 is 2.29 bits per heavy atom. The SMILES string of the molecule is CCC(C)c1c(Br)c(C(N)=O)c(C)n1C(C)C. The van der Waals surface area contributed by atoms with Gasteiger partial charge in [0.2, 0.25) is 0 Å². The predicted molar refractivity (Wildman–Crippen MR) is 74.5 cm³/mol. The van der Waals surface area contributed by atoms with Gasteiger partial charge in [-0.3, -0.25) is 4.79 Å². The van der Waals surface area contributed by atoms with Gasteiger partial charge < -0.3 is 10.3 Å². The lowest BCUT2D eigenvalue weighted by Gasteiger charge is -2.19. The summed E-state index contributed by atoms with van der Waals surface area (Å²) in [4.78, 5) is 11.5. The number of rotatable bonds is 4. The molecule has 1 unspecified atom stereocenters. The monoisotopic (exact) mass is 300 g/mol. The molecule has 0 aliphatic rings. The van der Waals surface area contributed by atoms with Crippen LogP contribution >= 0.6 is 15.9 Å². The van der Waals surface area contributed by atoms with Crippen LogP contribution in [0.2, 0.25) is 0 Å². The fourth-order valence-electron chi connectivity index (χ4n) is 2.29. The molecule has 1 rings (SSSR count). The van der Waals surface area contributed by atoms with Crippen LogP contribution in [0.5, 0.6) is 0 Å². The average Bonchev–Trinajstić information content (AvgIpc) is 2.48. The lowest BCUT2D eigenvalue weighted by atomic mass is 10.0. The van der Waals surface area contributed by atoms with E-state index in [9.17, 15) is 4.79 Å². The molecule has 0 saturated carbocycles. The maximum Gasteiger partial charge on any atom is 0.251 e. The smallest absolute Gasteiger partial charge is 0.251 e. The van der Waals surface area contributed by atoms with Gasteiger partial charge in [0.25, 0.3) is 5.91 Å². The van der Waals surface area contributed by atoms with Crippen LogP contribution in [-0.4, -0.2) is 10.5 Å². The molecule has 1 amide bonds. The third-order valence-corrected chi connectivity index (χ3v) is 4.07. The van der Waals surface area contributed by atoms with Gasteiger partial charge in [0.05, 0.1) is 10.0 Å². The van der Waals surface area contributed by atoms with E-state index in [1.807, 2.05) is 6.92 Å². The zero-order chi connectivity index (χ0) is 13.3. The highest BCUT2D eigenvalue weighted by molar-refractivity contribution is 9.10. The summed E-state index contributed by atoms with van der Waals surface area (Å²) in [5.41, 5.74) is 8.20. The highest BCUT2D eigenvalue weighted by Crippen LogP contribution is 2.36. The van der Waals surface area contributed by atoms with Crippen LogP contribution in [0.3, 0.4) is 0 Å². The standard InChI is InChI=1S/C13H21BrN2O/c1-6-8(4)12-11(14)10(13(15)17)9(5)16(12)7(2)3/h7-8H,6H2,1-5H3,(H2,15,17). The van der Waals surface area contributed by atoms with E-state index >= 15 is 0 Å². The lowest BCUT2D eigenvalue weighted by molar-refractivity contribution is 0.0999. The minimum Gasteiger partial charge on any atom is -0.366 e. The van der Waals surface area contributed by atoms with Crippen molar-refractivity contribution in [3.05, 3.63) is 21.4 Å². The zero-order valence-corrected chi connectivity index (χ0v) is 12.8. The molecule has 17 heavy (non-hydrogen) atoms. The van der Waals surface area contributed by atoms with Gasteiger partial charge in [0, 0.05) is 17.4 Å². The molecule has 0 aliphatic carbocycles. The molecular formula is C13H21BrN2O. The van der Waals surface area contributed by atoms with Gasteiger partial charge in [-0.2, -0.15) is 0 Å². The van der Waals surface area contributed by atoms with E-state index in [2.05, 4.69) is 48.2 Å². The first-order valence-corrected chi connectivity index (χ1v) is 6.82. The fraction of sp³-hybridized carbons (Fsp3) is 0.615. The van der Waals surface area contributed by atoms with Gasteiger partial charge in [-0.1, -0.05) is 13.8 Å². The number of nitrogens with two attached hydrogens (primary N) is 1. The minimum atomic E-state index is -0.363. The van der Waals surface area contributed by atoms with E-state index in [-0.39, 0.29) is 5.91 Å². The van der Waals surface area contributed by atoms with Crippen LogP contribution in [0.15, 0.2) is 4.47 Å². The Bertz CT molecular complexity index is 435. The Hall–Kier alpha value is -0.770. The fourth-order valence-corrected chi connectivity index (χ4v) is 3.36. The number of hydrogen-bond acceptors (Lipinski definition) is 1. The first-order valence-electron chi connectivity index (χ1n) is 6.02. The average molecular weight is 301 g/mol. The second-order valence-electron chi connectivity index (χ2n) is 4.80. The molecule has 0 saturated heterocycles. The summed E-state index contributed by atoms with van der Waals surface area (Å²) in [6.45, 7) is 10.5. The van der Waals surface area contributed by atoms with Crippen molar-refractivity contribution in [3.8, 4) is 0 Å². The van der Waals surface area contributed by atoms with E-state index in [1.54, 1.807) is 0 Å². The topological polar surface area (TPSA) is 48.0 Å². The molecule has 1 aromatic heterocycles. The zero-order valence-electron chi connectivity index (χ0n) is 11.2. The molecule has 4 heteroatoms. The summed E-state index contributed by atoms with van der Waals surface area (Å²) in [6.07, 6.45) is 1.03. The molecule has 1 heterocycles. The summed E-state index contributed by atoms with van der Waals surface area (Å²) in [7, 11) is 0. The minimum absolute atomic E-state index is 0.323. The molecule has 2 N–H and O–H groups in total. The Morgan fingerprint density at radius 2 is 1.94 bits per heavy atom. The molecule has 1 aromatic rings. The Balaban J connectivity index is 3.56. The van der Waals surface area contributed by atoms with Crippen molar-refractivity contribution in [1.29, 1.82) is 0 Å². The molecule has 0 aromatic carbocycles. The van der Waals surface area contributed by atoms with Crippen LogP contribution in [0, 0.1) is 6.92 Å². The van der Waals surface area contributed by atoms with Crippen LogP contribution < -0.4 is 5.73 Å². The number of hydrogen-bond donors (Lipinski definition) is 1. The largest absolute Gasteiger partial charge is 0.366 e. The lowest BCUT2D eigenvalue weighted by Crippen LogP contribution is -2.13. The first-order chi connectivity index (χ1) is 7.82. The molecule has 0 radical (unpaired) electrons. The van der Waals surface area contributed by atoms with Gasteiger partial charge >= 0.3 is 0 Å². The van der Waals surface area contributed by atoms with E-state index in [4.69, 9.17) is 5.73 Å². The second kappa shape index (κ2) is 5.25. The summed E-state index contributed by atoms with van der Waals surface area (Å²) in [6, 6.07) is 0.323. The highest BCUT2D eigenvalue weighted by atomic mass is 79.9. The predicted octanol–water partition coefficient (Wildman–Crippen LogP) is 3.75. The normalized spacial score (nSPS) is 13.1. The van der Waals surface area contributed by atoms with Gasteiger partial charge in [-0.05, 0) is 49.0 Å². The highest BCUT2D eigenvalue weighted by Gasteiger charge is 2.25. The van der Waals surface area contributed by atoms with Crippen molar-refractivity contribution < 1.29 is 4.79 Å². The summed E-state index contributed by atoms with van der Waals surface area (Å²) in [5.74, 6) is 0.0388. The first kappa shape index (κ1) is 14.3. The van der Waals surface area contributed by atoms with E-state index < -0.39 is 0 Å². The summed E-state index contributed by atoms with van der Waals surface area (Å²) in [5, 5.41) is 0. The van der Waals surface area contributed by atoms with Crippen molar-refractivity contribution in [2.75, 3.05) is 0 Å². The van der Waals surface area contributed by atoms with Crippen molar-refractivity contribution >= 4 is 21.8 Å². The molecule has 0 spiro atoms. The Morgan fingerprint density at radius 1 is 1.41 bits per heavy atom. The molecule has 1 atom stereocenters. The van der Waals surface area contributed by atoms with Crippen LogP contribution in [-0.2, 0) is 0 Å². The number of aromatic nitrogens is 1. The molecule has 3 nitrogen and oxygen atoms in total. The third-order valence-electron chi connectivity index (χ3n) is 3.27. The number of amides is 1. The van der Waals surface area contributed by atoms with Gasteiger partial charge in [0.15, 0.2) is 0 Å². The van der Waals surface area contributed by atoms with Crippen molar-refractivity contribution in [2.24, 2.45) is 5.73 Å². The van der Waals surface area contributed by atoms with Gasteiger partial charge in [-0.25, -0.2) is 0 Å². The van der Waals surface area contributed by atoms with E-state index in [0.29, 0.717) is 17.5 Å². The van der Waals surface area contributed by atoms with Crippen LogP contribution in [0.25, 0.3) is 0 Å². The quantitative estimate of drug-likeness (QED) is 0.904. The van der Waals surface area contributed by atoms with Crippen LogP contribution in [0.4, 0.5) is 0 Å². The second-order valence-corrected chi connectivity index (χ2v) is 5.59. The number of nitrogens with zero attached hydrogens (tertiary/aromatic N) is 1. The summed E-state index contributed by atoms with van der Waals surface area (Å²) < 4.78 is 3.07.